The number of carboxylic acids is 1. The Labute approximate surface area is 122 Å². The van der Waals surface area contributed by atoms with Gasteiger partial charge in [-0.15, -0.1) is 0 Å². The molecule has 1 fully saturated rings. The molecule has 1 saturated carbocycles. The predicted molar refractivity (Wildman–Crippen MR) is 73.5 cm³/mol. The van der Waals surface area contributed by atoms with Crippen LogP contribution in [0.2, 0.25) is 0 Å². The molecule has 114 valence electrons. The van der Waals surface area contributed by atoms with Gasteiger partial charge in [0.2, 0.25) is 0 Å². The number of hydrogen-bond acceptors (Lipinski definition) is 3. The van der Waals surface area contributed by atoms with Gasteiger partial charge in [-0.2, -0.15) is 0 Å². The number of rotatable bonds is 5. The number of ether oxygens (including phenoxy) is 1. The van der Waals surface area contributed by atoms with E-state index in [4.69, 9.17) is 4.74 Å². The minimum Gasteiger partial charge on any atom is -0.481 e. The van der Waals surface area contributed by atoms with Crippen molar-refractivity contribution in [2.24, 2.45) is 0 Å². The van der Waals surface area contributed by atoms with Crippen LogP contribution in [0.3, 0.4) is 0 Å². The third-order valence-electron chi connectivity index (χ3n) is 3.71. The van der Waals surface area contributed by atoms with E-state index >= 15 is 0 Å². The largest absolute Gasteiger partial charge is 0.481 e. The summed E-state index contributed by atoms with van der Waals surface area (Å²) in [5.74, 6) is -1.76. The molecule has 0 heterocycles. The molecule has 1 aliphatic carbocycles. The molecule has 0 aliphatic heterocycles. The van der Waals surface area contributed by atoms with Crippen LogP contribution >= 0.6 is 0 Å². The van der Waals surface area contributed by atoms with Crippen LogP contribution in [0.1, 0.15) is 32.6 Å². The van der Waals surface area contributed by atoms with Crippen LogP contribution in [-0.2, 0) is 9.59 Å². The monoisotopic (exact) mass is 295 g/mol. The van der Waals surface area contributed by atoms with Gasteiger partial charge >= 0.3 is 5.97 Å². The Kier molecular flexibility index (Phi) is 4.45. The predicted octanol–water partition coefficient (Wildman–Crippen LogP) is 2.11. The lowest BCUT2D eigenvalue weighted by atomic mass is 9.97. The Morgan fingerprint density at radius 1 is 1.38 bits per heavy atom. The fraction of sp³-hybridized carbons (Fsp3) is 0.467. The van der Waals surface area contributed by atoms with Gasteiger partial charge in [0.05, 0.1) is 0 Å². The summed E-state index contributed by atoms with van der Waals surface area (Å²) in [7, 11) is 0. The molecule has 2 rings (SSSR count). The van der Waals surface area contributed by atoms with E-state index in [-0.39, 0.29) is 5.75 Å². The number of hydrogen-bond donors (Lipinski definition) is 2. The number of benzene rings is 1. The van der Waals surface area contributed by atoms with E-state index in [1.54, 1.807) is 0 Å². The van der Waals surface area contributed by atoms with Gasteiger partial charge in [-0.3, -0.25) is 4.79 Å². The summed E-state index contributed by atoms with van der Waals surface area (Å²) in [4.78, 5) is 23.5. The Balaban J connectivity index is 2.01. The second-order valence-corrected chi connectivity index (χ2v) is 5.30. The highest BCUT2D eigenvalue weighted by atomic mass is 19.1. The van der Waals surface area contributed by atoms with Gasteiger partial charge in [0.15, 0.2) is 6.10 Å². The maximum absolute atomic E-state index is 13.1. The molecule has 1 aromatic carbocycles. The van der Waals surface area contributed by atoms with Gasteiger partial charge in [0.25, 0.3) is 5.91 Å². The minimum atomic E-state index is -1.20. The molecule has 6 heteroatoms. The number of nitrogens with one attached hydrogen (secondary N) is 1. The van der Waals surface area contributed by atoms with Crippen molar-refractivity contribution in [2.75, 3.05) is 0 Å². The zero-order valence-corrected chi connectivity index (χ0v) is 11.8. The number of aliphatic carboxylic acids is 1. The summed E-state index contributed by atoms with van der Waals surface area (Å²) in [6, 6.07) is 5.46. The van der Waals surface area contributed by atoms with Gasteiger partial charge < -0.3 is 15.2 Å². The first-order valence-corrected chi connectivity index (χ1v) is 6.91. The standard InChI is InChI=1S/C15H18FNO4/c1-10(21-12-6-4-5-11(16)9-12)13(18)17-15(14(19)20)7-2-3-8-15/h4-6,9-10H,2-3,7-8H2,1H3,(H,17,18)(H,19,20). The van der Waals surface area contributed by atoms with Crippen LogP contribution in [0.5, 0.6) is 5.75 Å². The third kappa shape index (κ3) is 3.51. The highest BCUT2D eigenvalue weighted by Crippen LogP contribution is 2.30. The molecule has 1 aliphatic rings. The molecule has 1 amide bonds. The van der Waals surface area contributed by atoms with Gasteiger partial charge in [-0.25, -0.2) is 9.18 Å². The molecule has 1 unspecified atom stereocenters. The lowest BCUT2D eigenvalue weighted by Crippen LogP contribution is -2.55. The van der Waals surface area contributed by atoms with Crippen molar-refractivity contribution in [1.82, 2.24) is 5.32 Å². The van der Waals surface area contributed by atoms with Crippen molar-refractivity contribution < 1.29 is 23.8 Å². The number of amides is 1. The first kappa shape index (κ1) is 15.3. The van der Waals surface area contributed by atoms with Gasteiger partial charge in [-0.1, -0.05) is 18.9 Å². The molecule has 21 heavy (non-hydrogen) atoms. The van der Waals surface area contributed by atoms with Crippen molar-refractivity contribution in [3.05, 3.63) is 30.1 Å². The van der Waals surface area contributed by atoms with Crippen LogP contribution in [0.25, 0.3) is 0 Å². The van der Waals surface area contributed by atoms with E-state index in [1.165, 1.54) is 31.2 Å². The fourth-order valence-electron chi connectivity index (χ4n) is 2.51. The zero-order chi connectivity index (χ0) is 15.5. The van der Waals surface area contributed by atoms with Crippen LogP contribution in [0.15, 0.2) is 24.3 Å². The molecule has 0 radical (unpaired) electrons. The average Bonchev–Trinajstić information content (AvgIpc) is 2.88. The van der Waals surface area contributed by atoms with Crippen LogP contribution in [-0.4, -0.2) is 28.6 Å². The number of carbonyl (C=O) groups excluding carboxylic acids is 1. The second kappa shape index (κ2) is 6.11. The molecule has 2 N–H and O–H groups in total. The first-order valence-electron chi connectivity index (χ1n) is 6.91. The molecule has 0 aromatic heterocycles. The fourth-order valence-corrected chi connectivity index (χ4v) is 2.51. The van der Waals surface area contributed by atoms with E-state index in [0.717, 1.165) is 12.8 Å². The summed E-state index contributed by atoms with van der Waals surface area (Å²) >= 11 is 0. The van der Waals surface area contributed by atoms with E-state index < -0.39 is 29.3 Å². The Hall–Kier alpha value is -2.11. The number of halogens is 1. The third-order valence-corrected chi connectivity index (χ3v) is 3.71. The summed E-state index contributed by atoms with van der Waals surface area (Å²) in [5.41, 5.74) is -1.20. The Morgan fingerprint density at radius 3 is 2.62 bits per heavy atom. The molecular formula is C15H18FNO4. The van der Waals surface area contributed by atoms with Gasteiger partial charge in [0, 0.05) is 6.07 Å². The molecule has 0 saturated heterocycles. The topological polar surface area (TPSA) is 75.6 Å². The van der Waals surface area contributed by atoms with Crippen molar-refractivity contribution in [3.63, 3.8) is 0 Å². The lowest BCUT2D eigenvalue weighted by molar-refractivity contribution is -0.148. The molecule has 1 aromatic rings. The highest BCUT2D eigenvalue weighted by Gasteiger charge is 2.43. The van der Waals surface area contributed by atoms with Crippen molar-refractivity contribution in [2.45, 2.75) is 44.2 Å². The molecule has 1 atom stereocenters. The average molecular weight is 295 g/mol. The van der Waals surface area contributed by atoms with Crippen molar-refractivity contribution in [1.29, 1.82) is 0 Å². The summed E-state index contributed by atoms with van der Waals surface area (Å²) in [6.45, 7) is 1.50. The summed E-state index contributed by atoms with van der Waals surface area (Å²) in [5, 5.41) is 11.9. The molecule has 0 bridgehead atoms. The zero-order valence-electron chi connectivity index (χ0n) is 11.8. The second-order valence-electron chi connectivity index (χ2n) is 5.30. The summed E-state index contributed by atoms with van der Waals surface area (Å²) < 4.78 is 18.4. The first-order chi connectivity index (χ1) is 9.93. The minimum absolute atomic E-state index is 0.230. The maximum atomic E-state index is 13.1. The lowest BCUT2D eigenvalue weighted by Gasteiger charge is -2.27. The van der Waals surface area contributed by atoms with Crippen LogP contribution in [0.4, 0.5) is 4.39 Å². The molecule has 0 spiro atoms. The number of carboxylic acid groups (broad SMARTS) is 1. The maximum Gasteiger partial charge on any atom is 0.329 e. The van der Waals surface area contributed by atoms with Crippen molar-refractivity contribution in [3.8, 4) is 5.75 Å². The number of carbonyl (C=O) groups is 2. The van der Waals surface area contributed by atoms with Gasteiger partial charge in [0.1, 0.15) is 17.1 Å². The van der Waals surface area contributed by atoms with Crippen molar-refractivity contribution >= 4 is 11.9 Å². The Morgan fingerprint density at radius 2 is 2.05 bits per heavy atom. The van der Waals surface area contributed by atoms with E-state index in [1.807, 2.05) is 0 Å². The quantitative estimate of drug-likeness (QED) is 0.872. The van der Waals surface area contributed by atoms with E-state index in [2.05, 4.69) is 5.32 Å². The summed E-state index contributed by atoms with van der Waals surface area (Å²) in [6.07, 6.45) is 1.47. The van der Waals surface area contributed by atoms with E-state index in [9.17, 15) is 19.1 Å². The Bertz CT molecular complexity index is 540. The molecular weight excluding hydrogens is 277 g/mol. The van der Waals surface area contributed by atoms with Crippen LogP contribution in [0, 0.1) is 5.82 Å². The smallest absolute Gasteiger partial charge is 0.329 e. The van der Waals surface area contributed by atoms with Gasteiger partial charge in [-0.05, 0) is 31.9 Å². The molecule has 5 nitrogen and oxygen atoms in total. The van der Waals surface area contributed by atoms with E-state index in [0.29, 0.717) is 12.8 Å². The normalized spacial score (nSPS) is 18.0. The SMILES string of the molecule is CC(Oc1cccc(F)c1)C(=O)NC1(C(=O)O)CCCC1. The highest BCUT2D eigenvalue weighted by molar-refractivity contribution is 5.89. The van der Waals surface area contributed by atoms with Crippen LogP contribution < -0.4 is 10.1 Å².